The monoisotopic (exact) mass is 363 g/mol. The molecule has 0 fully saturated rings. The van der Waals surface area contributed by atoms with Gasteiger partial charge in [-0.2, -0.15) is 13.2 Å². The maximum Gasteiger partial charge on any atom is 0.416 e. The molecule has 0 amide bonds. The molecule has 5 heteroatoms. The summed E-state index contributed by atoms with van der Waals surface area (Å²) in [6.07, 6.45) is -1.95. The molecule has 0 bridgehead atoms. The Morgan fingerprint density at radius 1 is 1.33 bits per heavy atom. The molecule has 1 atom stereocenters. The summed E-state index contributed by atoms with van der Waals surface area (Å²) in [7, 11) is 0. The Morgan fingerprint density at radius 2 is 2.00 bits per heavy atom. The third-order valence-corrected chi connectivity index (χ3v) is 4.05. The average molecular weight is 364 g/mol. The molecule has 0 aliphatic rings. The van der Waals surface area contributed by atoms with Crippen molar-refractivity contribution >= 4 is 15.9 Å². The van der Waals surface area contributed by atoms with Crippen molar-refractivity contribution in [2.75, 3.05) is 6.54 Å². The van der Waals surface area contributed by atoms with E-state index in [1.807, 2.05) is 13.8 Å². The lowest BCUT2D eigenvalue weighted by Crippen LogP contribution is -2.23. The standard InChI is InChI=1S/C16H21BrF3N/c1-4-8-21-15(9-11(3)5-2)13-10-12(16(18,19)20)6-7-14(13)17/h6-7,10,15,21H,3-5,8-9H2,1-2H3. The summed E-state index contributed by atoms with van der Waals surface area (Å²) in [5, 5.41) is 3.31. The van der Waals surface area contributed by atoms with Gasteiger partial charge in [0, 0.05) is 10.5 Å². The summed E-state index contributed by atoms with van der Waals surface area (Å²) in [6.45, 7) is 8.75. The molecule has 1 unspecified atom stereocenters. The second-order valence-corrected chi connectivity index (χ2v) is 5.90. The van der Waals surface area contributed by atoms with Crippen molar-refractivity contribution in [3.05, 3.63) is 46.0 Å². The van der Waals surface area contributed by atoms with Crippen molar-refractivity contribution in [2.24, 2.45) is 0 Å². The van der Waals surface area contributed by atoms with Gasteiger partial charge in [0.1, 0.15) is 0 Å². The molecule has 0 spiro atoms. The van der Waals surface area contributed by atoms with E-state index in [4.69, 9.17) is 0 Å². The molecule has 0 radical (unpaired) electrons. The van der Waals surface area contributed by atoms with Gasteiger partial charge in [0.2, 0.25) is 0 Å². The van der Waals surface area contributed by atoms with Crippen LogP contribution in [0.1, 0.15) is 50.3 Å². The van der Waals surface area contributed by atoms with Crippen LogP contribution in [0.15, 0.2) is 34.8 Å². The van der Waals surface area contributed by atoms with Crippen LogP contribution in [-0.2, 0) is 6.18 Å². The number of benzene rings is 1. The molecule has 1 nitrogen and oxygen atoms in total. The summed E-state index contributed by atoms with van der Waals surface area (Å²) in [4.78, 5) is 0. The highest BCUT2D eigenvalue weighted by atomic mass is 79.9. The molecule has 118 valence electrons. The molecule has 21 heavy (non-hydrogen) atoms. The molecule has 0 aliphatic carbocycles. The van der Waals surface area contributed by atoms with Crippen LogP contribution in [0.25, 0.3) is 0 Å². The van der Waals surface area contributed by atoms with Crippen LogP contribution in [-0.4, -0.2) is 6.54 Å². The minimum absolute atomic E-state index is 0.158. The molecule has 0 aromatic heterocycles. The van der Waals surface area contributed by atoms with Gasteiger partial charge >= 0.3 is 6.18 Å². The van der Waals surface area contributed by atoms with Gasteiger partial charge in [-0.1, -0.05) is 41.9 Å². The first-order valence-electron chi connectivity index (χ1n) is 7.06. The number of alkyl halides is 3. The fourth-order valence-corrected chi connectivity index (χ4v) is 2.55. The lowest BCUT2D eigenvalue weighted by molar-refractivity contribution is -0.137. The number of hydrogen-bond donors (Lipinski definition) is 1. The third-order valence-electron chi connectivity index (χ3n) is 3.33. The van der Waals surface area contributed by atoms with Crippen molar-refractivity contribution in [1.29, 1.82) is 0 Å². The van der Waals surface area contributed by atoms with Crippen molar-refractivity contribution in [1.82, 2.24) is 5.32 Å². The van der Waals surface area contributed by atoms with Crippen molar-refractivity contribution in [3.63, 3.8) is 0 Å². The summed E-state index contributed by atoms with van der Waals surface area (Å²) in [5.41, 5.74) is 1.03. The van der Waals surface area contributed by atoms with E-state index >= 15 is 0 Å². The van der Waals surface area contributed by atoms with Gasteiger partial charge in [0.05, 0.1) is 5.56 Å². The fourth-order valence-electron chi connectivity index (χ4n) is 2.03. The predicted molar refractivity (Wildman–Crippen MR) is 84.2 cm³/mol. The van der Waals surface area contributed by atoms with Crippen LogP contribution in [0.3, 0.4) is 0 Å². The lowest BCUT2D eigenvalue weighted by Gasteiger charge is -2.22. The third kappa shape index (κ3) is 5.47. The van der Waals surface area contributed by atoms with Crippen LogP contribution in [0, 0.1) is 0 Å². The molecule has 1 rings (SSSR count). The van der Waals surface area contributed by atoms with E-state index in [1.54, 1.807) is 0 Å². The highest BCUT2D eigenvalue weighted by Crippen LogP contribution is 2.35. The Hall–Kier alpha value is -0.810. The molecule has 0 heterocycles. The molecular formula is C16H21BrF3N. The lowest BCUT2D eigenvalue weighted by atomic mass is 9.96. The smallest absolute Gasteiger partial charge is 0.310 e. The Labute approximate surface area is 132 Å². The zero-order valence-corrected chi connectivity index (χ0v) is 13.9. The SMILES string of the molecule is C=C(CC)CC(NCCC)c1cc(C(F)(F)F)ccc1Br. The Morgan fingerprint density at radius 3 is 2.52 bits per heavy atom. The molecule has 0 saturated heterocycles. The van der Waals surface area contributed by atoms with Gasteiger partial charge < -0.3 is 5.32 Å². The van der Waals surface area contributed by atoms with E-state index < -0.39 is 11.7 Å². The fraction of sp³-hybridized carbons (Fsp3) is 0.500. The quantitative estimate of drug-likeness (QED) is 0.597. The van der Waals surface area contributed by atoms with E-state index in [0.29, 0.717) is 16.5 Å². The first-order valence-corrected chi connectivity index (χ1v) is 7.85. The number of nitrogens with one attached hydrogen (secondary N) is 1. The first-order chi connectivity index (χ1) is 9.79. The molecule has 0 saturated carbocycles. The Kier molecular flexibility index (Phi) is 6.94. The maximum absolute atomic E-state index is 12.9. The van der Waals surface area contributed by atoms with Crippen molar-refractivity contribution < 1.29 is 13.2 Å². The van der Waals surface area contributed by atoms with Gasteiger partial charge in [-0.05, 0) is 49.6 Å². The minimum Gasteiger partial charge on any atom is -0.310 e. The van der Waals surface area contributed by atoms with E-state index in [-0.39, 0.29) is 6.04 Å². The predicted octanol–water partition coefficient (Wildman–Crippen LogP) is 5.86. The highest BCUT2D eigenvalue weighted by Gasteiger charge is 2.31. The number of hydrogen-bond acceptors (Lipinski definition) is 1. The Bertz CT molecular complexity index is 483. The van der Waals surface area contributed by atoms with Crippen molar-refractivity contribution in [3.8, 4) is 0 Å². The van der Waals surface area contributed by atoms with Crippen molar-refractivity contribution in [2.45, 2.75) is 45.3 Å². The van der Waals surface area contributed by atoms with E-state index in [1.165, 1.54) is 12.1 Å². The van der Waals surface area contributed by atoms with E-state index in [2.05, 4.69) is 27.8 Å². The van der Waals surface area contributed by atoms with E-state index in [9.17, 15) is 13.2 Å². The first kappa shape index (κ1) is 18.2. The summed E-state index contributed by atoms with van der Waals surface area (Å²) >= 11 is 3.36. The van der Waals surface area contributed by atoms with Gasteiger partial charge in [-0.25, -0.2) is 0 Å². The number of halogens is 4. The van der Waals surface area contributed by atoms with E-state index in [0.717, 1.165) is 31.0 Å². The Balaban J connectivity index is 3.12. The summed E-state index contributed by atoms with van der Waals surface area (Å²) in [5.74, 6) is 0. The summed E-state index contributed by atoms with van der Waals surface area (Å²) < 4.78 is 39.4. The summed E-state index contributed by atoms with van der Waals surface area (Å²) in [6, 6.07) is 3.63. The van der Waals surface area contributed by atoms with Crippen LogP contribution in [0.5, 0.6) is 0 Å². The topological polar surface area (TPSA) is 12.0 Å². The molecule has 1 aromatic rings. The molecule has 1 aromatic carbocycles. The molecule has 1 N–H and O–H groups in total. The largest absolute Gasteiger partial charge is 0.416 e. The van der Waals surface area contributed by atoms with Gasteiger partial charge in [0.15, 0.2) is 0 Å². The average Bonchev–Trinajstić information content (AvgIpc) is 2.42. The van der Waals surface area contributed by atoms with Crippen LogP contribution >= 0.6 is 15.9 Å². The normalized spacial score (nSPS) is 13.2. The van der Waals surface area contributed by atoms with Crippen LogP contribution in [0.4, 0.5) is 13.2 Å². The van der Waals surface area contributed by atoms with Gasteiger partial charge in [-0.15, -0.1) is 0 Å². The minimum atomic E-state index is -4.33. The second-order valence-electron chi connectivity index (χ2n) is 5.05. The maximum atomic E-state index is 12.9. The molecule has 0 aliphatic heterocycles. The van der Waals surface area contributed by atoms with Gasteiger partial charge in [-0.3, -0.25) is 0 Å². The van der Waals surface area contributed by atoms with Crippen LogP contribution < -0.4 is 5.32 Å². The highest BCUT2D eigenvalue weighted by molar-refractivity contribution is 9.10. The second kappa shape index (κ2) is 7.99. The zero-order valence-electron chi connectivity index (χ0n) is 12.4. The van der Waals surface area contributed by atoms with Gasteiger partial charge in [0.25, 0.3) is 0 Å². The number of rotatable bonds is 7. The zero-order chi connectivity index (χ0) is 16.0. The van der Waals surface area contributed by atoms with Crippen LogP contribution in [0.2, 0.25) is 0 Å². The molecular weight excluding hydrogens is 343 g/mol.